The van der Waals surface area contributed by atoms with Crippen molar-refractivity contribution in [1.82, 2.24) is 25.2 Å². The van der Waals surface area contributed by atoms with Crippen LogP contribution in [0.2, 0.25) is 0 Å². The highest BCUT2D eigenvalue weighted by Gasteiger charge is 2.26. The van der Waals surface area contributed by atoms with E-state index in [0.717, 1.165) is 49.0 Å². The molecule has 1 saturated heterocycles. The summed E-state index contributed by atoms with van der Waals surface area (Å²) in [5.41, 5.74) is 1.95. The fraction of sp³-hybridized carbons (Fsp3) is 0.591. The fourth-order valence-corrected chi connectivity index (χ4v) is 4.60. The zero-order valence-corrected chi connectivity index (χ0v) is 17.4. The van der Waals surface area contributed by atoms with Gasteiger partial charge in [0.05, 0.1) is 18.5 Å². The van der Waals surface area contributed by atoms with Crippen LogP contribution in [0.5, 0.6) is 5.75 Å². The summed E-state index contributed by atoms with van der Waals surface area (Å²) in [4.78, 5) is 15.4. The number of benzene rings is 1. The topological polar surface area (TPSA) is 72.3 Å². The molecule has 156 valence electrons. The number of amides is 1. The van der Waals surface area contributed by atoms with Gasteiger partial charge < -0.3 is 15.0 Å². The van der Waals surface area contributed by atoms with E-state index in [1.165, 1.54) is 32.2 Å². The van der Waals surface area contributed by atoms with Gasteiger partial charge in [0.25, 0.3) is 5.91 Å². The van der Waals surface area contributed by atoms with Crippen molar-refractivity contribution in [3.8, 4) is 11.4 Å². The Bertz CT molecular complexity index is 835. The molecule has 7 heteroatoms. The van der Waals surface area contributed by atoms with Crippen molar-refractivity contribution >= 4 is 5.91 Å². The first-order valence-electron chi connectivity index (χ1n) is 10.7. The minimum Gasteiger partial charge on any atom is -0.497 e. The molecule has 2 aliphatic rings. The first-order valence-corrected chi connectivity index (χ1v) is 10.7. The van der Waals surface area contributed by atoms with Gasteiger partial charge in [-0.15, -0.1) is 5.10 Å². The third-order valence-electron chi connectivity index (χ3n) is 6.32. The number of hydrogen-bond donors (Lipinski definition) is 1. The van der Waals surface area contributed by atoms with Crippen molar-refractivity contribution in [1.29, 1.82) is 0 Å². The average Bonchev–Trinajstić information content (AvgIpc) is 3.39. The maximum atomic E-state index is 12.8. The zero-order chi connectivity index (χ0) is 20.2. The van der Waals surface area contributed by atoms with E-state index in [1.54, 1.807) is 11.8 Å². The molecular weight excluding hydrogens is 366 g/mol. The number of nitrogens with one attached hydrogen (secondary N) is 1. The molecule has 1 aromatic carbocycles. The molecule has 2 heterocycles. The predicted octanol–water partition coefficient (Wildman–Crippen LogP) is 2.97. The average molecular weight is 398 g/mol. The first-order chi connectivity index (χ1) is 14.1. The number of rotatable bonds is 6. The lowest BCUT2D eigenvalue weighted by molar-refractivity contribution is 0.0900. The molecule has 0 unspecified atom stereocenters. The molecule has 1 N–H and O–H groups in total. The molecule has 1 amide bonds. The Balaban J connectivity index is 1.34. The summed E-state index contributed by atoms with van der Waals surface area (Å²) in [6.45, 7) is 5.24. The monoisotopic (exact) mass is 397 g/mol. The highest BCUT2D eigenvalue weighted by atomic mass is 16.5. The second-order valence-electron chi connectivity index (χ2n) is 8.34. The number of methoxy groups -OCH3 is 1. The van der Waals surface area contributed by atoms with Crippen LogP contribution in [-0.2, 0) is 0 Å². The van der Waals surface area contributed by atoms with Gasteiger partial charge in [-0.3, -0.25) is 4.79 Å². The maximum absolute atomic E-state index is 12.8. The molecule has 2 aromatic rings. The summed E-state index contributed by atoms with van der Waals surface area (Å²) < 4.78 is 6.96. The molecule has 4 rings (SSSR count). The Morgan fingerprint density at radius 2 is 1.97 bits per heavy atom. The van der Waals surface area contributed by atoms with E-state index < -0.39 is 0 Å². The Labute approximate surface area is 172 Å². The number of ether oxygens (including phenoxy) is 1. The minimum absolute atomic E-state index is 0.133. The molecule has 29 heavy (non-hydrogen) atoms. The van der Waals surface area contributed by atoms with Gasteiger partial charge in [-0.25, -0.2) is 4.68 Å². The van der Waals surface area contributed by atoms with Crippen molar-refractivity contribution in [2.75, 3.05) is 26.7 Å². The SMILES string of the molecule is COc1cccc(-n2nnc(C(=O)NC3CCN(CC4CCCC4)CC3)c2C)c1. The molecular formula is C22H31N5O2. The van der Waals surface area contributed by atoms with Gasteiger partial charge in [0.2, 0.25) is 0 Å². The number of carbonyl (C=O) groups excluding carboxylic acids is 1. The Kier molecular flexibility index (Phi) is 6.13. The maximum Gasteiger partial charge on any atom is 0.273 e. The molecule has 0 bridgehead atoms. The van der Waals surface area contributed by atoms with E-state index in [1.807, 2.05) is 31.2 Å². The third kappa shape index (κ3) is 4.61. The van der Waals surface area contributed by atoms with Crippen molar-refractivity contribution in [3.05, 3.63) is 35.7 Å². The Morgan fingerprint density at radius 3 is 2.69 bits per heavy atom. The Hall–Kier alpha value is -2.41. The van der Waals surface area contributed by atoms with E-state index in [9.17, 15) is 4.79 Å². The van der Waals surface area contributed by atoms with Crippen LogP contribution >= 0.6 is 0 Å². The number of likely N-dealkylation sites (tertiary alicyclic amines) is 1. The largest absolute Gasteiger partial charge is 0.497 e. The lowest BCUT2D eigenvalue weighted by Crippen LogP contribution is -2.45. The van der Waals surface area contributed by atoms with Gasteiger partial charge in [-0.1, -0.05) is 24.1 Å². The smallest absolute Gasteiger partial charge is 0.273 e. The van der Waals surface area contributed by atoms with Crippen LogP contribution in [0, 0.1) is 12.8 Å². The van der Waals surface area contributed by atoms with Crippen molar-refractivity contribution in [2.24, 2.45) is 5.92 Å². The normalized spacial score (nSPS) is 18.8. The number of nitrogens with zero attached hydrogens (tertiary/aromatic N) is 4. The molecule has 1 aliphatic heterocycles. The highest BCUT2D eigenvalue weighted by Crippen LogP contribution is 2.26. The summed E-state index contributed by atoms with van der Waals surface area (Å²) in [6, 6.07) is 7.79. The number of hydrogen-bond acceptors (Lipinski definition) is 5. The van der Waals surface area contributed by atoms with E-state index in [4.69, 9.17) is 4.74 Å². The zero-order valence-electron chi connectivity index (χ0n) is 17.4. The van der Waals surface area contributed by atoms with Crippen LogP contribution in [0.25, 0.3) is 5.69 Å². The summed E-state index contributed by atoms with van der Waals surface area (Å²) in [7, 11) is 1.63. The predicted molar refractivity (Wildman–Crippen MR) is 112 cm³/mol. The third-order valence-corrected chi connectivity index (χ3v) is 6.32. The minimum atomic E-state index is -0.133. The molecule has 0 radical (unpaired) electrons. The van der Waals surface area contributed by atoms with E-state index in [2.05, 4.69) is 20.5 Å². The van der Waals surface area contributed by atoms with Crippen LogP contribution in [0.1, 0.15) is 54.7 Å². The van der Waals surface area contributed by atoms with E-state index >= 15 is 0 Å². The van der Waals surface area contributed by atoms with Gasteiger partial charge in [0.15, 0.2) is 5.69 Å². The highest BCUT2D eigenvalue weighted by molar-refractivity contribution is 5.93. The van der Waals surface area contributed by atoms with Gasteiger partial charge >= 0.3 is 0 Å². The molecule has 0 atom stereocenters. The number of piperidine rings is 1. The second-order valence-corrected chi connectivity index (χ2v) is 8.34. The number of aromatic nitrogens is 3. The molecule has 1 aliphatic carbocycles. The lowest BCUT2D eigenvalue weighted by atomic mass is 10.0. The van der Waals surface area contributed by atoms with Crippen molar-refractivity contribution < 1.29 is 9.53 Å². The van der Waals surface area contributed by atoms with Crippen LogP contribution in [0.3, 0.4) is 0 Å². The second kappa shape index (κ2) is 8.95. The molecule has 1 saturated carbocycles. The molecule has 2 fully saturated rings. The van der Waals surface area contributed by atoms with Crippen LogP contribution in [0.4, 0.5) is 0 Å². The summed E-state index contributed by atoms with van der Waals surface area (Å²) in [6.07, 6.45) is 7.57. The molecule has 7 nitrogen and oxygen atoms in total. The number of carbonyl (C=O) groups is 1. The quantitative estimate of drug-likeness (QED) is 0.811. The van der Waals surface area contributed by atoms with Crippen LogP contribution < -0.4 is 10.1 Å². The van der Waals surface area contributed by atoms with Crippen LogP contribution in [-0.4, -0.2) is 58.6 Å². The Morgan fingerprint density at radius 1 is 1.21 bits per heavy atom. The standard InChI is InChI=1S/C22H31N5O2/c1-16-21(24-25-27(16)19-8-5-9-20(14-19)29-2)22(28)23-18-10-12-26(13-11-18)15-17-6-3-4-7-17/h5,8-9,14,17-18H,3-4,6-7,10-13,15H2,1-2H3,(H,23,28). The van der Waals surface area contributed by atoms with Gasteiger partial charge in [-0.2, -0.15) is 0 Å². The van der Waals surface area contributed by atoms with Gasteiger partial charge in [0, 0.05) is 31.7 Å². The molecule has 1 aromatic heterocycles. The summed E-state index contributed by atoms with van der Waals surface area (Å²) in [5.74, 6) is 1.49. The molecule has 0 spiro atoms. The van der Waals surface area contributed by atoms with E-state index in [-0.39, 0.29) is 11.9 Å². The lowest BCUT2D eigenvalue weighted by Gasteiger charge is -2.33. The van der Waals surface area contributed by atoms with Crippen molar-refractivity contribution in [3.63, 3.8) is 0 Å². The fourth-order valence-electron chi connectivity index (χ4n) is 4.60. The first kappa shape index (κ1) is 19.9. The summed E-state index contributed by atoms with van der Waals surface area (Å²) >= 11 is 0. The van der Waals surface area contributed by atoms with E-state index in [0.29, 0.717) is 5.69 Å². The van der Waals surface area contributed by atoms with Crippen LogP contribution in [0.15, 0.2) is 24.3 Å². The van der Waals surface area contributed by atoms with Crippen molar-refractivity contribution in [2.45, 2.75) is 51.5 Å². The van der Waals surface area contributed by atoms with Gasteiger partial charge in [-0.05, 0) is 50.7 Å². The summed E-state index contributed by atoms with van der Waals surface area (Å²) in [5, 5.41) is 11.5. The van der Waals surface area contributed by atoms with Gasteiger partial charge in [0.1, 0.15) is 5.75 Å².